The van der Waals surface area contributed by atoms with Crippen LogP contribution in [0, 0.1) is 0 Å². The normalized spacial score (nSPS) is 14.6. The number of allylic oxidation sites excluding steroid dienone is 8. The van der Waals surface area contributed by atoms with E-state index in [1.54, 1.807) is 90.0 Å². The molecule has 4 aliphatic carbocycles. The summed E-state index contributed by atoms with van der Waals surface area (Å²) in [6.07, 6.45) is 17.9. The van der Waals surface area contributed by atoms with Crippen molar-refractivity contribution in [3.63, 3.8) is 0 Å². The summed E-state index contributed by atoms with van der Waals surface area (Å²) < 4.78 is 60.2. The Hall–Kier alpha value is -13.1. The lowest BCUT2D eigenvalue weighted by atomic mass is 9.93. The number of aryl methyl sites for hydroxylation is 5. The molecule has 12 aromatic rings. The molecule has 570 valence electrons. The Morgan fingerprint density at radius 1 is 0.393 bits per heavy atom. The van der Waals surface area contributed by atoms with Gasteiger partial charge in [-0.15, -0.1) is 0 Å². The van der Waals surface area contributed by atoms with E-state index in [1.807, 2.05) is 50.4 Å². The summed E-state index contributed by atoms with van der Waals surface area (Å²) in [5.74, 6) is -2.46. The van der Waals surface area contributed by atoms with Crippen molar-refractivity contribution < 1.29 is 81.4 Å². The highest BCUT2D eigenvalue weighted by molar-refractivity contribution is 6.54. The molecule has 1 aromatic carbocycles. The van der Waals surface area contributed by atoms with Crippen LogP contribution in [0.2, 0.25) is 0 Å². The van der Waals surface area contributed by atoms with Crippen molar-refractivity contribution in [2.24, 2.45) is 7.05 Å². The number of ketones is 8. The molecule has 0 saturated carbocycles. The Morgan fingerprint density at radius 3 is 1.11 bits per heavy atom. The number of nitrogens with zero attached hydrogens (tertiary/aromatic N) is 14. The Bertz CT molecular complexity index is 5900. The molecule has 4 N–H and O–H groups in total. The summed E-state index contributed by atoms with van der Waals surface area (Å²) in [6.45, 7) is 2.21. The lowest BCUT2D eigenvalue weighted by molar-refractivity contribution is -0.138. The summed E-state index contributed by atoms with van der Waals surface area (Å²) >= 11 is 0. The average Bonchev–Trinajstić information content (AvgIpc) is 1.63. The van der Waals surface area contributed by atoms with E-state index in [4.69, 9.17) is 24.8 Å². The van der Waals surface area contributed by atoms with E-state index in [2.05, 4.69) is 45.0 Å². The summed E-state index contributed by atoms with van der Waals surface area (Å²) in [5.41, 5.74) is 6.78. The third kappa shape index (κ3) is 15.2. The fourth-order valence-electron chi connectivity index (χ4n) is 14.3. The largest absolute Gasteiger partial charge is 0.480 e. The van der Waals surface area contributed by atoms with Gasteiger partial charge in [0.1, 0.15) is 22.6 Å². The van der Waals surface area contributed by atoms with Gasteiger partial charge in [-0.05, 0) is 91.9 Å². The van der Waals surface area contributed by atoms with Gasteiger partial charge in [0.05, 0.1) is 79.8 Å². The number of aliphatic hydroxyl groups excluding tert-OH is 4. The molecule has 0 unspecified atom stereocenters. The van der Waals surface area contributed by atoms with Gasteiger partial charge in [-0.1, -0.05) is 18.2 Å². The van der Waals surface area contributed by atoms with E-state index in [0.29, 0.717) is 141 Å². The number of carbonyl (C=O) groups is 8. The molecule has 0 radical (unpaired) electrons. The molecule has 0 atom stereocenters. The summed E-state index contributed by atoms with van der Waals surface area (Å²) in [4.78, 5) is 135. The molecular formula is C81H71F3N14O14. The minimum Gasteiger partial charge on any atom is -0.480 e. The van der Waals surface area contributed by atoms with E-state index in [1.165, 1.54) is 57.2 Å². The van der Waals surface area contributed by atoms with E-state index < -0.39 is 29.7 Å². The number of hydrogen-bond donors (Lipinski definition) is 4. The van der Waals surface area contributed by atoms with Crippen LogP contribution in [-0.2, 0) is 77.8 Å². The van der Waals surface area contributed by atoms with Gasteiger partial charge in [-0.2, -0.15) is 23.3 Å². The average molecular weight is 1520 g/mol. The van der Waals surface area contributed by atoms with E-state index in [0.717, 1.165) is 27.9 Å². The van der Waals surface area contributed by atoms with Crippen LogP contribution in [-0.4, -0.2) is 175 Å². The van der Waals surface area contributed by atoms with Gasteiger partial charge in [0.25, 0.3) is 0 Å². The van der Waals surface area contributed by atoms with Crippen molar-refractivity contribution in [3.05, 3.63) is 210 Å². The van der Waals surface area contributed by atoms with Crippen LogP contribution in [0.3, 0.4) is 0 Å². The highest BCUT2D eigenvalue weighted by Gasteiger charge is 2.42. The first-order valence-corrected chi connectivity index (χ1v) is 35.5. The molecule has 28 nitrogen and oxygen atoms in total. The van der Waals surface area contributed by atoms with Gasteiger partial charge in [0.15, 0.2) is 46.3 Å². The van der Waals surface area contributed by atoms with Crippen LogP contribution in [0.25, 0.3) is 88.7 Å². The van der Waals surface area contributed by atoms with Crippen molar-refractivity contribution in [3.8, 4) is 11.9 Å². The van der Waals surface area contributed by atoms with Crippen LogP contribution in [0.5, 0.6) is 11.9 Å². The van der Waals surface area contributed by atoms with Crippen LogP contribution < -0.4 is 9.47 Å². The number of benzene rings is 1. The zero-order valence-electron chi connectivity index (χ0n) is 60.6. The quantitative estimate of drug-likeness (QED) is 0.0460. The molecule has 0 spiro atoms. The van der Waals surface area contributed by atoms with Gasteiger partial charge in [-0.25, -0.2) is 24.9 Å². The number of halogens is 3. The third-order valence-corrected chi connectivity index (χ3v) is 19.0. The van der Waals surface area contributed by atoms with Crippen LogP contribution in [0.4, 0.5) is 13.2 Å². The lowest BCUT2D eigenvalue weighted by Gasteiger charge is -2.14. The van der Waals surface area contributed by atoms with Gasteiger partial charge in [0.2, 0.25) is 5.88 Å². The van der Waals surface area contributed by atoms with Crippen LogP contribution in [0.15, 0.2) is 159 Å². The second-order valence-electron chi connectivity index (χ2n) is 26.1. The monoisotopic (exact) mass is 1520 g/mol. The summed E-state index contributed by atoms with van der Waals surface area (Å²) in [7, 11) is 4.63. The summed E-state index contributed by atoms with van der Waals surface area (Å²) in [5, 5.41) is 43.9. The highest BCUT2D eigenvalue weighted by atomic mass is 19.4. The second-order valence-corrected chi connectivity index (χ2v) is 26.1. The number of ether oxygens (including phenoxy) is 2. The molecular weight excluding hydrogens is 1450 g/mol. The zero-order valence-corrected chi connectivity index (χ0v) is 60.6. The minimum atomic E-state index is -4.67. The van der Waals surface area contributed by atoms with Crippen molar-refractivity contribution in [1.29, 1.82) is 0 Å². The van der Waals surface area contributed by atoms with E-state index >= 15 is 0 Å². The van der Waals surface area contributed by atoms with Crippen molar-refractivity contribution in [2.45, 2.75) is 83.7 Å². The maximum atomic E-state index is 13.6. The van der Waals surface area contributed by atoms with Crippen LogP contribution in [0.1, 0.15) is 102 Å². The highest BCUT2D eigenvalue weighted by Crippen LogP contribution is 2.46. The molecule has 4 aliphatic rings. The SMILES string of the molecule is COc1ncc(C2=C(c3cn(CCCO)c4ncccc34)C(=O)CC2=O)c(OC)n1.Cn1ccc(C2=C(c3cn(CCCO)c4ncccc34)C(=O)CC2=O)n1.O=C1CC(=O)C(c2cn(CCCO)c3ncccc23)=C1c1ccccc1C(F)(F)F.O=C1CC(=O)C(c2cn(CCCO)c3ncccc23)=C1c1cnccn1. The minimum absolute atomic E-state index is 0.0163. The molecule has 0 aliphatic heterocycles. The number of carbonyl (C=O) groups excluding carboxylic acids is 8. The Balaban J connectivity index is 0.000000131. The molecule has 0 amide bonds. The molecule has 31 heteroatoms. The number of pyridine rings is 4. The fourth-order valence-corrected chi connectivity index (χ4v) is 14.3. The van der Waals surface area contributed by atoms with Gasteiger partial charge in [-0.3, -0.25) is 53.0 Å². The number of aliphatic hydroxyl groups is 4. The van der Waals surface area contributed by atoms with Gasteiger partial charge < -0.3 is 48.2 Å². The number of rotatable bonds is 22. The molecule has 0 fully saturated rings. The van der Waals surface area contributed by atoms with E-state index in [-0.39, 0.29) is 115 Å². The van der Waals surface area contributed by atoms with Gasteiger partial charge >= 0.3 is 12.2 Å². The standard InChI is InChI=1S/C22H17F3N2O3.C21H20N4O5.C19H18N4O3.C19H16N4O3/c23-22(24,25)16-7-2-1-5-14(16)19-17(29)11-18(30)20(19)15-12-27(9-4-10-28)21-13(15)6-3-8-26-21;1-29-20-13(10-23-21(24-20)30-2)17-15(27)9-16(28)18(17)14-11-25(7-4-8-26)19-12(14)5-3-6-22-19;1-22-8-5-14(21-22)18-16(26)10-15(25)17(18)13-11-23(7-3-9-24)19-12(13)4-2-6-20-19;24-8-2-7-23-11-13(12-3-1-4-22-19(12)23)17-15(25)9-16(26)18(17)14-10-20-5-6-21-14/h1-3,5-8,12,28H,4,9-11H2;3,5-6,10-11,26H,4,7-9H2,1-2H3;2,4-6,8,11,24H,3,7,9-10H2,1H3;1,3-6,10-11,24H,2,7-9H2. The molecule has 112 heavy (non-hydrogen) atoms. The first kappa shape index (κ1) is 77.1. The number of fused-ring (bicyclic) bond motifs is 4. The van der Waals surface area contributed by atoms with E-state index in [9.17, 15) is 56.6 Å². The fraction of sp³-hybridized carbons (Fsp3) is 0.247. The number of aromatic nitrogens is 14. The number of Topliss-reactive ketones (excluding diaryl/α,β-unsaturated/α-hetero) is 8. The van der Waals surface area contributed by atoms with Gasteiger partial charge in [0, 0.05) is 211 Å². The third-order valence-electron chi connectivity index (χ3n) is 19.0. The molecule has 11 heterocycles. The first-order valence-electron chi connectivity index (χ1n) is 35.5. The predicted molar refractivity (Wildman–Crippen MR) is 403 cm³/mol. The topological polar surface area (TPSA) is 377 Å². The smallest absolute Gasteiger partial charge is 0.417 e. The Kier molecular flexibility index (Phi) is 23.0. The van der Waals surface area contributed by atoms with Crippen LogP contribution >= 0.6 is 0 Å². The Labute approximate surface area is 634 Å². The number of alkyl halides is 3. The van der Waals surface area contributed by atoms with Crippen molar-refractivity contribution in [2.75, 3.05) is 40.6 Å². The number of hydrogen-bond acceptors (Lipinski definition) is 23. The first-order chi connectivity index (χ1) is 54.2. The maximum absolute atomic E-state index is 13.6. The summed E-state index contributed by atoms with van der Waals surface area (Å²) in [6, 6.07) is 21.0. The Morgan fingerprint density at radius 2 is 0.759 bits per heavy atom. The molecule has 0 bridgehead atoms. The zero-order chi connectivity index (χ0) is 79.1. The number of methoxy groups -OCH3 is 2. The molecule has 11 aromatic heterocycles. The molecule has 16 rings (SSSR count). The van der Waals surface area contributed by atoms with Crippen molar-refractivity contribution in [1.82, 2.24) is 67.9 Å². The predicted octanol–water partition coefficient (Wildman–Crippen LogP) is 8.84. The second kappa shape index (κ2) is 33.4. The molecule has 0 saturated heterocycles. The van der Waals surface area contributed by atoms with Crippen molar-refractivity contribution >= 4 is 135 Å². The maximum Gasteiger partial charge on any atom is 0.417 e. The lowest BCUT2D eigenvalue weighted by Crippen LogP contribution is -2.10.